The van der Waals surface area contributed by atoms with E-state index in [1.807, 2.05) is 12.1 Å². The number of amides is 2. The van der Waals surface area contributed by atoms with Crippen molar-refractivity contribution in [1.29, 1.82) is 5.26 Å². The summed E-state index contributed by atoms with van der Waals surface area (Å²) in [6, 6.07) is 7.90. The first-order valence-corrected chi connectivity index (χ1v) is 10.7. The number of carbonyl (C=O) groups is 2. The Bertz CT molecular complexity index is 946. The van der Waals surface area contributed by atoms with Gasteiger partial charge < -0.3 is 10.2 Å². The smallest absolute Gasteiger partial charge is 0.271 e. The number of alkyl halides is 2. The quantitative estimate of drug-likeness (QED) is 0.671. The lowest BCUT2D eigenvalue weighted by Gasteiger charge is -2.19. The van der Waals surface area contributed by atoms with Crippen LogP contribution in [0.25, 0.3) is 0 Å². The first-order chi connectivity index (χ1) is 13.8. The van der Waals surface area contributed by atoms with Gasteiger partial charge in [0.05, 0.1) is 19.2 Å². The molecule has 0 bridgehead atoms. The summed E-state index contributed by atoms with van der Waals surface area (Å²) in [5, 5.41) is 13.5. The molecule has 1 aromatic heterocycles. The van der Waals surface area contributed by atoms with Crippen LogP contribution in [-0.4, -0.2) is 46.8 Å². The van der Waals surface area contributed by atoms with Gasteiger partial charge in [-0.15, -0.1) is 11.3 Å². The monoisotopic (exact) mass is 456 g/mol. The number of nitriles is 1. The number of benzene rings is 1. The Balaban J connectivity index is 1.50. The van der Waals surface area contributed by atoms with E-state index in [1.54, 1.807) is 23.6 Å². The van der Waals surface area contributed by atoms with Crippen LogP contribution in [0.15, 0.2) is 34.0 Å². The normalized spacial score (nSPS) is 17.7. The second kappa shape index (κ2) is 9.07. The molecule has 0 spiro atoms. The van der Waals surface area contributed by atoms with Crippen molar-refractivity contribution >= 4 is 46.5 Å². The van der Waals surface area contributed by atoms with E-state index in [4.69, 9.17) is 16.9 Å². The molecule has 1 aliphatic rings. The molecule has 2 amide bonds. The molecule has 1 aliphatic heterocycles. The zero-order valence-electron chi connectivity index (χ0n) is 14.9. The minimum Gasteiger partial charge on any atom is -0.342 e. The maximum Gasteiger partial charge on any atom is 0.271 e. The van der Waals surface area contributed by atoms with Crippen LogP contribution in [0.2, 0.25) is 5.02 Å². The van der Waals surface area contributed by atoms with Crippen molar-refractivity contribution in [2.75, 3.05) is 13.1 Å². The largest absolute Gasteiger partial charge is 0.342 e. The van der Waals surface area contributed by atoms with Gasteiger partial charge in [0, 0.05) is 22.6 Å². The molecule has 6 nitrogen and oxygen atoms in total. The van der Waals surface area contributed by atoms with E-state index in [1.165, 1.54) is 23.1 Å². The van der Waals surface area contributed by atoms with Crippen LogP contribution in [0, 0.1) is 11.3 Å². The lowest BCUT2D eigenvalue weighted by Crippen LogP contribution is -2.43. The van der Waals surface area contributed by atoms with Gasteiger partial charge >= 0.3 is 0 Å². The predicted octanol–water partition coefficient (Wildman–Crippen LogP) is 3.58. The highest BCUT2D eigenvalue weighted by Crippen LogP contribution is 2.31. The number of likely N-dealkylation sites (tertiary alicyclic amines) is 1. The Morgan fingerprint density at radius 1 is 1.41 bits per heavy atom. The lowest BCUT2D eigenvalue weighted by atomic mass is 10.2. The molecule has 29 heavy (non-hydrogen) atoms. The minimum atomic E-state index is -3.09. The van der Waals surface area contributed by atoms with Gasteiger partial charge in [0.1, 0.15) is 11.7 Å². The van der Waals surface area contributed by atoms with E-state index in [0.717, 1.165) is 10.5 Å². The van der Waals surface area contributed by atoms with Crippen LogP contribution in [0.1, 0.15) is 22.5 Å². The van der Waals surface area contributed by atoms with E-state index in [2.05, 4.69) is 10.3 Å². The van der Waals surface area contributed by atoms with Gasteiger partial charge in [-0.2, -0.15) is 5.26 Å². The number of nitrogens with one attached hydrogen (secondary N) is 1. The maximum absolute atomic E-state index is 13.4. The summed E-state index contributed by atoms with van der Waals surface area (Å²) in [5.41, 5.74) is 1.20. The van der Waals surface area contributed by atoms with Crippen LogP contribution >= 0.6 is 34.7 Å². The van der Waals surface area contributed by atoms with Gasteiger partial charge in [0.25, 0.3) is 11.8 Å². The van der Waals surface area contributed by atoms with Crippen LogP contribution in [0.5, 0.6) is 0 Å². The number of thiazole rings is 1. The summed E-state index contributed by atoms with van der Waals surface area (Å²) in [5.74, 6) is -3.74. The molecule has 2 heterocycles. The van der Waals surface area contributed by atoms with Gasteiger partial charge in [-0.05, 0) is 17.7 Å². The molecule has 0 saturated carbocycles. The van der Waals surface area contributed by atoms with Gasteiger partial charge in [-0.25, -0.2) is 13.8 Å². The first-order valence-electron chi connectivity index (χ1n) is 8.45. The van der Waals surface area contributed by atoms with Crippen LogP contribution < -0.4 is 5.32 Å². The molecule has 1 atom stereocenters. The molecule has 1 aromatic carbocycles. The van der Waals surface area contributed by atoms with Gasteiger partial charge in [-0.1, -0.05) is 35.5 Å². The third kappa shape index (κ3) is 5.65. The molecule has 0 unspecified atom stereocenters. The van der Waals surface area contributed by atoms with Crippen LogP contribution in [-0.2, 0) is 10.5 Å². The lowest BCUT2D eigenvalue weighted by molar-refractivity contribution is -0.131. The SMILES string of the molecule is N#C[C@@H]1CC(F)(F)CN1C(=O)CNC(=O)c1csc(SCc2ccc(Cl)cc2)n1. The Kier molecular flexibility index (Phi) is 6.72. The highest BCUT2D eigenvalue weighted by Gasteiger charge is 2.47. The average molecular weight is 457 g/mol. The second-order valence-electron chi connectivity index (χ2n) is 6.32. The Morgan fingerprint density at radius 2 is 2.14 bits per heavy atom. The molecular weight excluding hydrogens is 442 g/mol. The van der Waals surface area contributed by atoms with Crippen molar-refractivity contribution in [3.63, 3.8) is 0 Å². The van der Waals surface area contributed by atoms with Crippen molar-refractivity contribution in [1.82, 2.24) is 15.2 Å². The third-order valence-electron chi connectivity index (χ3n) is 4.13. The molecule has 1 fully saturated rings. The van der Waals surface area contributed by atoms with Gasteiger partial charge in [-0.3, -0.25) is 9.59 Å². The molecule has 0 aliphatic carbocycles. The Morgan fingerprint density at radius 3 is 2.83 bits per heavy atom. The number of hydrogen-bond donors (Lipinski definition) is 1. The second-order valence-corrected chi connectivity index (χ2v) is 8.84. The maximum atomic E-state index is 13.4. The van der Waals surface area contributed by atoms with Crippen molar-refractivity contribution in [3.05, 3.63) is 45.9 Å². The average Bonchev–Trinajstić information content (AvgIpc) is 3.29. The molecule has 152 valence electrons. The first kappa shape index (κ1) is 21.5. The number of carbonyl (C=O) groups excluding carboxylic acids is 2. The summed E-state index contributed by atoms with van der Waals surface area (Å²) in [7, 11) is 0. The molecule has 3 rings (SSSR count). The molecule has 1 N–H and O–H groups in total. The third-order valence-corrected chi connectivity index (χ3v) is 6.47. The van der Waals surface area contributed by atoms with Gasteiger partial charge in [0.15, 0.2) is 4.34 Å². The van der Waals surface area contributed by atoms with E-state index >= 15 is 0 Å². The fourth-order valence-electron chi connectivity index (χ4n) is 2.70. The number of rotatable bonds is 6. The van der Waals surface area contributed by atoms with E-state index in [0.29, 0.717) is 15.1 Å². The number of thioether (sulfide) groups is 1. The van der Waals surface area contributed by atoms with E-state index in [-0.39, 0.29) is 5.69 Å². The van der Waals surface area contributed by atoms with Crippen molar-refractivity contribution in [3.8, 4) is 6.07 Å². The fourth-order valence-corrected chi connectivity index (χ4v) is 4.58. The van der Waals surface area contributed by atoms with E-state index < -0.39 is 43.3 Å². The van der Waals surface area contributed by atoms with Gasteiger partial charge in [0.2, 0.25) is 5.91 Å². The zero-order valence-corrected chi connectivity index (χ0v) is 17.3. The number of nitrogens with zero attached hydrogens (tertiary/aromatic N) is 3. The zero-order chi connectivity index (χ0) is 21.0. The van der Waals surface area contributed by atoms with E-state index in [9.17, 15) is 18.4 Å². The topological polar surface area (TPSA) is 86.1 Å². The van der Waals surface area contributed by atoms with Crippen LogP contribution in [0.4, 0.5) is 8.78 Å². The molecule has 1 saturated heterocycles. The fraction of sp³-hybridized carbons (Fsp3) is 0.333. The summed E-state index contributed by atoms with van der Waals surface area (Å²) < 4.78 is 27.5. The molecule has 2 aromatic rings. The standard InChI is InChI=1S/C18H15ClF2N4O2S2/c19-12-3-1-11(2-4-12)8-28-17-24-14(9-29-17)16(27)23-7-15(26)25-10-18(20,21)5-13(25)6-22/h1-4,9,13H,5,7-8,10H2,(H,23,27)/t13-/m0/s1. The molecule has 11 heteroatoms. The summed E-state index contributed by atoms with van der Waals surface area (Å²) in [6.45, 7) is -1.29. The highest BCUT2D eigenvalue weighted by molar-refractivity contribution is 8.00. The molecule has 0 radical (unpaired) electrons. The summed E-state index contributed by atoms with van der Waals surface area (Å²) in [6.07, 6.45) is -0.691. The summed E-state index contributed by atoms with van der Waals surface area (Å²) >= 11 is 8.60. The highest BCUT2D eigenvalue weighted by atomic mass is 35.5. The summed E-state index contributed by atoms with van der Waals surface area (Å²) in [4.78, 5) is 29.3. The minimum absolute atomic E-state index is 0.144. The van der Waals surface area contributed by atoms with Crippen molar-refractivity contribution in [2.45, 2.75) is 28.5 Å². The Hall–Kier alpha value is -2.22. The number of aromatic nitrogens is 1. The van der Waals surface area contributed by atoms with Crippen molar-refractivity contribution in [2.24, 2.45) is 0 Å². The molecular formula is C18H15ClF2N4O2S2. The van der Waals surface area contributed by atoms with Crippen LogP contribution in [0.3, 0.4) is 0 Å². The predicted molar refractivity (Wildman–Crippen MR) is 106 cm³/mol. The van der Waals surface area contributed by atoms with Crippen molar-refractivity contribution < 1.29 is 18.4 Å². The number of hydrogen-bond acceptors (Lipinski definition) is 6. The number of halogens is 3. The Labute approximate surface area is 178 Å².